The Balaban J connectivity index is 2.55. The minimum absolute atomic E-state index is 0.111. The lowest BCUT2D eigenvalue weighted by Crippen LogP contribution is -2.35. The first kappa shape index (κ1) is 15.7. The first-order valence-electron chi connectivity index (χ1n) is 6.62. The topological polar surface area (TPSA) is 74.7 Å². The van der Waals surface area contributed by atoms with Gasteiger partial charge in [0.25, 0.3) is 0 Å². The van der Waals surface area contributed by atoms with E-state index in [0.29, 0.717) is 19.4 Å². The van der Waals surface area contributed by atoms with Gasteiger partial charge in [-0.25, -0.2) is 0 Å². The highest BCUT2D eigenvalue weighted by atomic mass is 16.4. The van der Waals surface area contributed by atoms with Gasteiger partial charge < -0.3 is 5.11 Å². The fourth-order valence-corrected chi connectivity index (χ4v) is 2.24. The SMILES string of the molecule is CC(C)(CCC(=O)O)CCN1C(=O)CC(C)(C)C1=O. The van der Waals surface area contributed by atoms with Crippen molar-refractivity contribution in [2.24, 2.45) is 10.8 Å². The van der Waals surface area contributed by atoms with Crippen molar-refractivity contribution in [1.29, 1.82) is 0 Å². The lowest BCUT2D eigenvalue weighted by Gasteiger charge is -2.26. The number of carbonyl (C=O) groups excluding carboxylic acids is 2. The minimum atomic E-state index is -0.817. The van der Waals surface area contributed by atoms with E-state index in [0.717, 1.165) is 0 Å². The van der Waals surface area contributed by atoms with Gasteiger partial charge in [0.15, 0.2) is 0 Å². The van der Waals surface area contributed by atoms with E-state index < -0.39 is 11.4 Å². The molecule has 5 nitrogen and oxygen atoms in total. The largest absolute Gasteiger partial charge is 0.481 e. The highest BCUT2D eigenvalue weighted by molar-refractivity contribution is 6.05. The molecule has 0 aromatic carbocycles. The van der Waals surface area contributed by atoms with Gasteiger partial charge in [0.05, 0.1) is 5.41 Å². The van der Waals surface area contributed by atoms with Crippen molar-refractivity contribution in [2.75, 3.05) is 6.54 Å². The van der Waals surface area contributed by atoms with Gasteiger partial charge in [0.2, 0.25) is 11.8 Å². The lowest BCUT2D eigenvalue weighted by atomic mass is 9.84. The predicted molar refractivity (Wildman–Crippen MR) is 70.4 cm³/mol. The van der Waals surface area contributed by atoms with Crippen LogP contribution >= 0.6 is 0 Å². The van der Waals surface area contributed by atoms with E-state index in [1.54, 1.807) is 13.8 Å². The van der Waals surface area contributed by atoms with Gasteiger partial charge in [0, 0.05) is 19.4 Å². The normalized spacial score (nSPS) is 19.1. The summed E-state index contributed by atoms with van der Waals surface area (Å²) in [6.45, 7) is 7.87. The second-order valence-electron chi connectivity index (χ2n) is 6.72. The molecule has 1 heterocycles. The second-order valence-corrected chi connectivity index (χ2v) is 6.72. The fraction of sp³-hybridized carbons (Fsp3) is 0.786. The van der Waals surface area contributed by atoms with Crippen LogP contribution in [-0.4, -0.2) is 34.3 Å². The summed E-state index contributed by atoms with van der Waals surface area (Å²) in [7, 11) is 0. The molecule has 1 N–H and O–H groups in total. The minimum Gasteiger partial charge on any atom is -0.481 e. The van der Waals surface area contributed by atoms with E-state index in [1.807, 2.05) is 13.8 Å². The maximum absolute atomic E-state index is 12.0. The number of carbonyl (C=O) groups is 3. The summed E-state index contributed by atoms with van der Waals surface area (Å²) in [5.41, 5.74) is -0.784. The molecule has 0 saturated carbocycles. The Kier molecular flexibility index (Phi) is 4.38. The smallest absolute Gasteiger partial charge is 0.303 e. The molecule has 1 rings (SSSR count). The maximum atomic E-state index is 12.0. The van der Waals surface area contributed by atoms with Crippen LogP contribution in [0.5, 0.6) is 0 Å². The van der Waals surface area contributed by atoms with Crippen LogP contribution in [0.1, 0.15) is 53.4 Å². The summed E-state index contributed by atoms with van der Waals surface area (Å²) in [6.07, 6.45) is 1.55. The number of hydrogen-bond donors (Lipinski definition) is 1. The van der Waals surface area contributed by atoms with E-state index >= 15 is 0 Å². The predicted octanol–water partition coefficient (Wildman–Crippen LogP) is 2.05. The Morgan fingerprint density at radius 1 is 1.32 bits per heavy atom. The molecule has 0 aromatic heterocycles. The molecule has 1 fully saturated rings. The Bertz CT molecular complexity index is 398. The number of rotatable bonds is 6. The average molecular weight is 269 g/mol. The Morgan fingerprint density at radius 2 is 1.89 bits per heavy atom. The zero-order valence-electron chi connectivity index (χ0n) is 12.2. The molecule has 1 saturated heterocycles. The Morgan fingerprint density at radius 3 is 2.32 bits per heavy atom. The molecule has 0 bridgehead atoms. The van der Waals surface area contributed by atoms with Gasteiger partial charge in [-0.2, -0.15) is 0 Å². The van der Waals surface area contributed by atoms with Crippen LogP contribution in [0.4, 0.5) is 0 Å². The summed E-state index contributed by atoms with van der Waals surface area (Å²) in [6, 6.07) is 0. The van der Waals surface area contributed by atoms with Gasteiger partial charge in [0.1, 0.15) is 0 Å². The summed E-state index contributed by atoms with van der Waals surface area (Å²) in [4.78, 5) is 35.7. The summed E-state index contributed by atoms with van der Waals surface area (Å²) in [5.74, 6) is -1.06. The number of aliphatic carboxylic acids is 1. The third kappa shape index (κ3) is 4.04. The van der Waals surface area contributed by atoms with Gasteiger partial charge in [-0.05, 0) is 18.3 Å². The number of amides is 2. The molecule has 0 radical (unpaired) electrons. The van der Waals surface area contributed by atoms with Gasteiger partial charge >= 0.3 is 5.97 Å². The van der Waals surface area contributed by atoms with Crippen LogP contribution in [0.15, 0.2) is 0 Å². The van der Waals surface area contributed by atoms with E-state index in [1.165, 1.54) is 4.90 Å². The van der Waals surface area contributed by atoms with Crippen LogP contribution in [0.25, 0.3) is 0 Å². The molecular weight excluding hydrogens is 246 g/mol. The molecule has 0 unspecified atom stereocenters. The molecule has 108 valence electrons. The number of nitrogens with zero attached hydrogens (tertiary/aromatic N) is 1. The average Bonchev–Trinajstić information content (AvgIpc) is 2.44. The Hall–Kier alpha value is -1.39. The van der Waals surface area contributed by atoms with Crippen LogP contribution in [0.2, 0.25) is 0 Å². The summed E-state index contributed by atoms with van der Waals surface area (Å²) < 4.78 is 0. The van der Waals surface area contributed by atoms with Crippen molar-refractivity contribution < 1.29 is 19.5 Å². The van der Waals surface area contributed by atoms with Crippen LogP contribution in [0, 0.1) is 10.8 Å². The maximum Gasteiger partial charge on any atom is 0.303 e. The summed E-state index contributed by atoms with van der Waals surface area (Å²) >= 11 is 0. The molecule has 0 atom stereocenters. The molecule has 1 aliphatic rings. The third-order valence-corrected chi connectivity index (χ3v) is 3.75. The standard InChI is InChI=1S/C14H23NO4/c1-13(2,6-5-11(17)18)7-8-15-10(16)9-14(3,4)12(15)19/h5-9H2,1-4H3,(H,17,18). The van der Waals surface area contributed by atoms with Crippen molar-refractivity contribution in [3.05, 3.63) is 0 Å². The van der Waals surface area contributed by atoms with Gasteiger partial charge in [-0.3, -0.25) is 19.3 Å². The monoisotopic (exact) mass is 269 g/mol. The zero-order valence-corrected chi connectivity index (χ0v) is 12.2. The van der Waals surface area contributed by atoms with E-state index in [-0.39, 0.29) is 30.1 Å². The summed E-state index contributed by atoms with van der Waals surface area (Å²) in [5, 5.41) is 8.69. The zero-order chi connectivity index (χ0) is 14.8. The molecule has 2 amide bonds. The van der Waals surface area contributed by atoms with E-state index in [2.05, 4.69) is 0 Å². The molecule has 5 heteroatoms. The number of carboxylic acid groups (broad SMARTS) is 1. The molecule has 0 spiro atoms. The molecular formula is C14H23NO4. The third-order valence-electron chi connectivity index (χ3n) is 3.75. The van der Waals surface area contributed by atoms with Crippen molar-refractivity contribution >= 4 is 17.8 Å². The number of likely N-dealkylation sites (tertiary alicyclic amines) is 1. The van der Waals surface area contributed by atoms with Gasteiger partial charge in [-0.1, -0.05) is 27.7 Å². The molecule has 19 heavy (non-hydrogen) atoms. The first-order valence-corrected chi connectivity index (χ1v) is 6.62. The number of hydrogen-bond acceptors (Lipinski definition) is 3. The van der Waals surface area contributed by atoms with E-state index in [4.69, 9.17) is 5.11 Å². The van der Waals surface area contributed by atoms with Crippen molar-refractivity contribution in [2.45, 2.75) is 53.4 Å². The molecule has 0 aliphatic carbocycles. The first-order chi connectivity index (χ1) is 8.55. The lowest BCUT2D eigenvalue weighted by molar-refractivity contribution is -0.142. The van der Waals surface area contributed by atoms with Gasteiger partial charge in [-0.15, -0.1) is 0 Å². The highest BCUT2D eigenvalue weighted by Crippen LogP contribution is 2.34. The highest BCUT2D eigenvalue weighted by Gasteiger charge is 2.44. The quantitative estimate of drug-likeness (QED) is 0.749. The van der Waals surface area contributed by atoms with Crippen LogP contribution in [0.3, 0.4) is 0 Å². The molecule has 1 aliphatic heterocycles. The number of imide groups is 1. The van der Waals surface area contributed by atoms with Crippen LogP contribution < -0.4 is 0 Å². The van der Waals surface area contributed by atoms with Crippen molar-refractivity contribution in [3.63, 3.8) is 0 Å². The number of carboxylic acids is 1. The van der Waals surface area contributed by atoms with E-state index in [9.17, 15) is 14.4 Å². The van der Waals surface area contributed by atoms with Crippen molar-refractivity contribution in [1.82, 2.24) is 4.90 Å². The van der Waals surface area contributed by atoms with Crippen molar-refractivity contribution in [3.8, 4) is 0 Å². The second kappa shape index (κ2) is 5.31. The van der Waals surface area contributed by atoms with Crippen LogP contribution in [-0.2, 0) is 14.4 Å². The fourth-order valence-electron chi connectivity index (χ4n) is 2.24. The Labute approximate surface area is 114 Å². The molecule has 0 aromatic rings.